The third kappa shape index (κ3) is 4.74. The van der Waals surface area contributed by atoms with Crippen molar-refractivity contribution in [3.63, 3.8) is 0 Å². The van der Waals surface area contributed by atoms with Crippen molar-refractivity contribution in [3.8, 4) is 0 Å². The van der Waals surface area contributed by atoms with Crippen LogP contribution < -0.4 is 5.32 Å². The number of amides is 1. The Morgan fingerprint density at radius 3 is 2.46 bits per heavy atom. The van der Waals surface area contributed by atoms with E-state index in [-0.39, 0.29) is 11.9 Å². The molecular weight excluding hydrogens is 348 g/mol. The van der Waals surface area contributed by atoms with Gasteiger partial charge in [0.25, 0.3) is 5.91 Å². The topological polar surface area (TPSA) is 58.1 Å². The van der Waals surface area contributed by atoms with Crippen molar-refractivity contribution < 1.29 is 4.79 Å². The Morgan fingerprint density at radius 1 is 1.04 bits per heavy atom. The second-order valence-electron chi connectivity index (χ2n) is 7.20. The van der Waals surface area contributed by atoms with Crippen molar-refractivity contribution in [1.29, 1.82) is 0 Å². The molecule has 0 aliphatic carbocycles. The molecule has 5 heteroatoms. The predicted molar refractivity (Wildman–Crippen MR) is 113 cm³/mol. The fourth-order valence-electron chi connectivity index (χ4n) is 2.90. The van der Waals surface area contributed by atoms with Crippen molar-refractivity contribution in [2.45, 2.75) is 40.3 Å². The number of carbonyl (C=O) groups is 1. The van der Waals surface area contributed by atoms with E-state index in [1.165, 1.54) is 11.1 Å². The first kappa shape index (κ1) is 19.5. The largest absolute Gasteiger partial charge is 0.331 e. The number of hydrogen-bond donors (Lipinski definition) is 1. The highest BCUT2D eigenvalue weighted by Crippen LogP contribution is 2.18. The monoisotopic (exact) mass is 374 g/mol. The van der Waals surface area contributed by atoms with E-state index in [9.17, 15) is 4.79 Å². The number of aryl methyl sites for hydroxylation is 2. The number of hydrogen-bond acceptors (Lipinski definition) is 4. The fourth-order valence-corrected chi connectivity index (χ4v) is 2.90. The minimum absolute atomic E-state index is 0.0545. The van der Waals surface area contributed by atoms with Crippen molar-refractivity contribution in [1.82, 2.24) is 14.9 Å². The van der Waals surface area contributed by atoms with E-state index in [4.69, 9.17) is 0 Å². The molecule has 0 aliphatic heterocycles. The molecule has 28 heavy (non-hydrogen) atoms. The van der Waals surface area contributed by atoms with Crippen molar-refractivity contribution in [2.75, 3.05) is 5.32 Å². The summed E-state index contributed by atoms with van der Waals surface area (Å²) in [6.07, 6.45) is 1.62. The first-order valence-electron chi connectivity index (χ1n) is 9.46. The minimum atomic E-state index is -0.107. The lowest BCUT2D eigenvalue weighted by molar-refractivity contribution is 0.0684. The van der Waals surface area contributed by atoms with Gasteiger partial charge in [-0.25, -0.2) is 9.97 Å². The van der Waals surface area contributed by atoms with E-state index in [2.05, 4.69) is 29.1 Å². The first-order valence-corrected chi connectivity index (χ1v) is 9.46. The zero-order valence-corrected chi connectivity index (χ0v) is 16.8. The van der Waals surface area contributed by atoms with Gasteiger partial charge in [0.15, 0.2) is 0 Å². The highest BCUT2D eigenvalue weighted by molar-refractivity contribution is 5.92. The standard InChI is InChI=1S/C23H26N4O/c1-16(2)27(15-19-8-6-5-7-9-19)22(28)21-12-13-24-23(26-21)25-20-11-10-17(3)18(4)14-20/h5-14,16H,15H2,1-4H3,(H,24,25,26). The van der Waals surface area contributed by atoms with Crippen molar-refractivity contribution >= 4 is 17.5 Å². The molecule has 0 saturated carbocycles. The fraction of sp³-hybridized carbons (Fsp3) is 0.261. The number of carbonyl (C=O) groups excluding carboxylic acids is 1. The van der Waals surface area contributed by atoms with Crippen LogP contribution in [0.15, 0.2) is 60.8 Å². The Balaban J connectivity index is 1.80. The molecule has 1 aromatic heterocycles. The molecule has 1 N–H and O–H groups in total. The Morgan fingerprint density at radius 2 is 1.79 bits per heavy atom. The van der Waals surface area contributed by atoms with E-state index in [1.54, 1.807) is 12.3 Å². The maximum Gasteiger partial charge on any atom is 0.273 e. The van der Waals surface area contributed by atoms with Crippen LogP contribution in [0.5, 0.6) is 0 Å². The Hall–Kier alpha value is -3.21. The van der Waals surface area contributed by atoms with E-state index >= 15 is 0 Å². The molecular formula is C23H26N4O. The number of rotatable bonds is 6. The molecule has 2 aromatic carbocycles. The Bertz CT molecular complexity index is 954. The van der Waals surface area contributed by atoms with Crippen LogP contribution >= 0.6 is 0 Å². The summed E-state index contributed by atoms with van der Waals surface area (Å²) in [7, 11) is 0. The summed E-state index contributed by atoms with van der Waals surface area (Å²) in [5.41, 5.74) is 4.78. The second kappa shape index (κ2) is 8.65. The van der Waals surface area contributed by atoms with Crippen LogP contribution in [0.25, 0.3) is 0 Å². The molecule has 0 atom stereocenters. The molecule has 0 unspecified atom stereocenters. The van der Waals surface area contributed by atoms with Crippen molar-refractivity contribution in [3.05, 3.63) is 83.2 Å². The van der Waals surface area contributed by atoms with Crippen LogP contribution in [-0.2, 0) is 6.54 Å². The third-order valence-electron chi connectivity index (χ3n) is 4.72. The predicted octanol–water partition coefficient (Wildman–Crippen LogP) is 4.89. The lowest BCUT2D eigenvalue weighted by Gasteiger charge is -2.26. The number of aromatic nitrogens is 2. The summed E-state index contributed by atoms with van der Waals surface area (Å²) in [4.78, 5) is 23.6. The summed E-state index contributed by atoms with van der Waals surface area (Å²) in [5, 5.41) is 3.19. The molecule has 0 aliphatic rings. The van der Waals surface area contributed by atoms with E-state index in [0.717, 1.165) is 11.3 Å². The molecule has 144 valence electrons. The summed E-state index contributed by atoms with van der Waals surface area (Å²) in [5.74, 6) is 0.307. The van der Waals surface area contributed by atoms with Gasteiger partial charge in [-0.2, -0.15) is 0 Å². The zero-order valence-electron chi connectivity index (χ0n) is 16.8. The van der Waals surface area contributed by atoms with Gasteiger partial charge in [-0.15, -0.1) is 0 Å². The normalized spacial score (nSPS) is 10.8. The molecule has 1 heterocycles. The second-order valence-corrected chi connectivity index (χ2v) is 7.20. The third-order valence-corrected chi connectivity index (χ3v) is 4.72. The Kier molecular flexibility index (Phi) is 6.04. The zero-order chi connectivity index (χ0) is 20.1. The summed E-state index contributed by atoms with van der Waals surface area (Å²) in [6, 6.07) is 17.8. The molecule has 0 fully saturated rings. The van der Waals surface area contributed by atoms with Crippen LogP contribution in [0.3, 0.4) is 0 Å². The van der Waals surface area contributed by atoms with Crippen molar-refractivity contribution in [2.24, 2.45) is 0 Å². The van der Waals surface area contributed by atoms with Gasteiger partial charge in [0.05, 0.1) is 0 Å². The van der Waals surface area contributed by atoms with Gasteiger partial charge in [0.2, 0.25) is 5.95 Å². The minimum Gasteiger partial charge on any atom is -0.331 e. The average molecular weight is 374 g/mol. The van der Waals surface area contributed by atoms with Crippen LogP contribution in [0.4, 0.5) is 11.6 Å². The van der Waals surface area contributed by atoms with Gasteiger partial charge in [-0.1, -0.05) is 36.4 Å². The van der Waals surface area contributed by atoms with E-state index in [1.807, 2.05) is 67.3 Å². The molecule has 1 amide bonds. The SMILES string of the molecule is Cc1ccc(Nc2nccc(C(=O)N(Cc3ccccc3)C(C)C)n2)cc1C. The summed E-state index contributed by atoms with van der Waals surface area (Å²) < 4.78 is 0. The van der Waals surface area contributed by atoms with Gasteiger partial charge < -0.3 is 10.2 Å². The van der Waals surface area contributed by atoms with Gasteiger partial charge in [-0.05, 0) is 62.6 Å². The lowest BCUT2D eigenvalue weighted by atomic mass is 10.1. The number of benzene rings is 2. The molecule has 0 saturated heterocycles. The maximum atomic E-state index is 13.1. The summed E-state index contributed by atoms with van der Waals surface area (Å²) in [6.45, 7) is 8.70. The molecule has 0 spiro atoms. The van der Waals surface area contributed by atoms with Gasteiger partial charge in [0, 0.05) is 24.5 Å². The number of nitrogens with zero attached hydrogens (tertiary/aromatic N) is 3. The number of anilines is 2. The van der Waals surface area contributed by atoms with Crippen LogP contribution in [-0.4, -0.2) is 26.8 Å². The van der Waals surface area contributed by atoms with Gasteiger partial charge in [-0.3, -0.25) is 4.79 Å². The highest BCUT2D eigenvalue weighted by Gasteiger charge is 2.21. The maximum absolute atomic E-state index is 13.1. The summed E-state index contributed by atoms with van der Waals surface area (Å²) >= 11 is 0. The molecule has 3 aromatic rings. The quantitative estimate of drug-likeness (QED) is 0.667. The van der Waals surface area contributed by atoms with Crippen LogP contribution in [0, 0.1) is 13.8 Å². The molecule has 3 rings (SSSR count). The molecule has 5 nitrogen and oxygen atoms in total. The van der Waals surface area contributed by atoms with Gasteiger partial charge >= 0.3 is 0 Å². The Labute approximate surface area is 166 Å². The molecule has 0 bridgehead atoms. The smallest absolute Gasteiger partial charge is 0.273 e. The van der Waals surface area contributed by atoms with Crippen LogP contribution in [0.1, 0.15) is 41.0 Å². The highest BCUT2D eigenvalue weighted by atomic mass is 16.2. The van der Waals surface area contributed by atoms with Gasteiger partial charge in [0.1, 0.15) is 5.69 Å². The number of nitrogens with one attached hydrogen (secondary N) is 1. The van der Waals surface area contributed by atoms with Crippen LogP contribution in [0.2, 0.25) is 0 Å². The first-order chi connectivity index (χ1) is 13.4. The van der Waals surface area contributed by atoms with E-state index < -0.39 is 0 Å². The van der Waals surface area contributed by atoms with E-state index in [0.29, 0.717) is 18.2 Å². The lowest BCUT2D eigenvalue weighted by Crippen LogP contribution is -2.37. The molecule has 0 radical (unpaired) electrons. The average Bonchev–Trinajstić information content (AvgIpc) is 2.69.